The van der Waals surface area contributed by atoms with Gasteiger partial charge in [0.25, 0.3) is 11.8 Å². The summed E-state index contributed by atoms with van der Waals surface area (Å²) >= 11 is 1.33. The number of carbonyl (C=O) groups is 3. The summed E-state index contributed by atoms with van der Waals surface area (Å²) in [7, 11) is -0.635. The molecule has 2 unspecified atom stereocenters. The summed E-state index contributed by atoms with van der Waals surface area (Å²) < 4.78 is 29.2. The first-order valence-corrected chi connectivity index (χ1v) is 18.3. The summed E-state index contributed by atoms with van der Waals surface area (Å²) in [4.78, 5) is 44.1. The van der Waals surface area contributed by atoms with Crippen LogP contribution in [0.3, 0.4) is 0 Å². The van der Waals surface area contributed by atoms with Crippen LogP contribution in [-0.2, 0) is 29.5 Å². The molecule has 1 saturated heterocycles. The van der Waals surface area contributed by atoms with Crippen LogP contribution in [0.15, 0.2) is 59.5 Å². The largest absolute Gasteiger partial charge is 0.331 e. The van der Waals surface area contributed by atoms with Crippen molar-refractivity contribution in [2.45, 2.75) is 70.5 Å². The SMILES string of the molecule is CN(C)C(=O)NC(=O)c1c(NC(=O)c2ccc(S(=O)(=O)N3CC4(C)CC3CC(C)(C)C4)cc2)sc2c1CCN(Cc1ccccc1)C2. The van der Waals surface area contributed by atoms with Crippen molar-refractivity contribution < 1.29 is 22.8 Å². The van der Waals surface area contributed by atoms with Crippen molar-refractivity contribution in [2.75, 3.05) is 32.5 Å². The van der Waals surface area contributed by atoms with Crippen LogP contribution in [-0.4, -0.2) is 73.6 Å². The highest BCUT2D eigenvalue weighted by Gasteiger charge is 2.53. The molecule has 2 bridgehead atoms. The zero-order valence-electron chi connectivity index (χ0n) is 27.6. The van der Waals surface area contributed by atoms with Crippen molar-refractivity contribution in [1.29, 1.82) is 0 Å². The van der Waals surface area contributed by atoms with Crippen LogP contribution < -0.4 is 10.6 Å². The number of benzene rings is 2. The molecule has 1 aromatic heterocycles. The van der Waals surface area contributed by atoms with Crippen LogP contribution in [0.5, 0.6) is 0 Å². The van der Waals surface area contributed by atoms with E-state index in [1.165, 1.54) is 46.1 Å². The number of nitrogens with one attached hydrogen (secondary N) is 2. The molecule has 3 aliphatic rings. The second-order valence-electron chi connectivity index (χ2n) is 14.6. The Labute approximate surface area is 281 Å². The molecule has 2 N–H and O–H groups in total. The predicted octanol–water partition coefficient (Wildman–Crippen LogP) is 5.56. The number of imide groups is 1. The van der Waals surface area contributed by atoms with E-state index in [1.54, 1.807) is 18.4 Å². The highest BCUT2D eigenvalue weighted by molar-refractivity contribution is 7.89. The van der Waals surface area contributed by atoms with E-state index in [1.807, 2.05) is 18.2 Å². The molecule has 6 rings (SSSR count). The monoisotopic (exact) mass is 677 g/mol. The zero-order chi connectivity index (χ0) is 33.7. The maximum absolute atomic E-state index is 13.8. The van der Waals surface area contributed by atoms with E-state index >= 15 is 0 Å². The molecule has 3 aromatic rings. The highest BCUT2D eigenvalue weighted by Crippen LogP contribution is 2.53. The lowest BCUT2D eigenvalue weighted by atomic mass is 9.65. The summed E-state index contributed by atoms with van der Waals surface area (Å²) in [6.45, 7) is 9.18. The first kappa shape index (κ1) is 33.3. The van der Waals surface area contributed by atoms with Crippen molar-refractivity contribution >= 4 is 44.2 Å². The topological polar surface area (TPSA) is 119 Å². The lowest BCUT2D eigenvalue weighted by molar-refractivity contribution is 0.0956. The van der Waals surface area contributed by atoms with Crippen molar-refractivity contribution in [3.8, 4) is 0 Å². The molecule has 0 spiro atoms. The Morgan fingerprint density at radius 1 is 0.979 bits per heavy atom. The fourth-order valence-electron chi connectivity index (χ4n) is 7.81. The van der Waals surface area contributed by atoms with E-state index in [0.29, 0.717) is 30.1 Å². The number of carbonyl (C=O) groups excluding carboxylic acids is 3. The van der Waals surface area contributed by atoms with E-state index < -0.39 is 27.9 Å². The Balaban J connectivity index is 1.22. The number of amides is 4. The predicted molar refractivity (Wildman–Crippen MR) is 183 cm³/mol. The average molecular weight is 678 g/mol. The van der Waals surface area contributed by atoms with Crippen LogP contribution in [0, 0.1) is 10.8 Å². The summed E-state index contributed by atoms with van der Waals surface area (Å²) in [6.07, 6.45) is 3.27. The van der Waals surface area contributed by atoms with Gasteiger partial charge in [-0.05, 0) is 71.9 Å². The first-order valence-electron chi connectivity index (χ1n) is 16.0. The van der Waals surface area contributed by atoms with Gasteiger partial charge in [-0.25, -0.2) is 13.2 Å². The zero-order valence-corrected chi connectivity index (χ0v) is 29.3. The van der Waals surface area contributed by atoms with Gasteiger partial charge in [0, 0.05) is 56.8 Å². The van der Waals surface area contributed by atoms with Crippen molar-refractivity contribution in [1.82, 2.24) is 19.4 Å². The van der Waals surface area contributed by atoms with E-state index in [2.05, 4.69) is 48.4 Å². The van der Waals surface area contributed by atoms with Gasteiger partial charge in [-0.15, -0.1) is 11.3 Å². The molecular weight excluding hydrogens is 635 g/mol. The minimum Gasteiger partial charge on any atom is -0.331 e. The van der Waals surface area contributed by atoms with Gasteiger partial charge in [-0.2, -0.15) is 4.31 Å². The molecule has 1 aliphatic carbocycles. The Morgan fingerprint density at radius 2 is 1.68 bits per heavy atom. The van der Waals surface area contributed by atoms with Gasteiger partial charge in [0.2, 0.25) is 10.0 Å². The normalized spacial score (nSPS) is 22.4. The Kier molecular flexibility index (Phi) is 8.84. The number of rotatable bonds is 7. The van der Waals surface area contributed by atoms with Crippen LogP contribution in [0.4, 0.5) is 9.80 Å². The van der Waals surface area contributed by atoms with E-state index in [4.69, 9.17) is 0 Å². The molecule has 2 fully saturated rings. The van der Waals surface area contributed by atoms with E-state index in [9.17, 15) is 22.8 Å². The second-order valence-corrected chi connectivity index (χ2v) is 17.5. The molecule has 1 saturated carbocycles. The quantitative estimate of drug-likeness (QED) is 0.338. The highest BCUT2D eigenvalue weighted by atomic mass is 32.2. The molecule has 12 heteroatoms. The number of hydrogen-bond acceptors (Lipinski definition) is 7. The van der Waals surface area contributed by atoms with Crippen molar-refractivity contribution in [3.05, 3.63) is 81.7 Å². The number of thiophene rings is 1. The molecule has 250 valence electrons. The van der Waals surface area contributed by atoms with Crippen LogP contribution >= 0.6 is 11.3 Å². The smallest absolute Gasteiger partial charge is 0.323 e. The molecule has 3 heterocycles. The van der Waals surface area contributed by atoms with Crippen LogP contribution in [0.25, 0.3) is 0 Å². The number of sulfonamides is 1. The molecule has 2 aliphatic heterocycles. The van der Waals surface area contributed by atoms with Gasteiger partial charge in [0.1, 0.15) is 5.00 Å². The number of urea groups is 1. The third kappa shape index (κ3) is 6.87. The molecule has 47 heavy (non-hydrogen) atoms. The maximum Gasteiger partial charge on any atom is 0.323 e. The number of anilines is 1. The standard InChI is InChI=1S/C35H43N5O5S2/c1-34(2)17-25-18-35(3,21-34)22-40(25)47(44,45)26-13-11-24(12-14-26)30(41)36-32-29(31(42)37-33(43)38(4)5)27-15-16-39(20-28(27)46-32)19-23-9-7-6-8-10-23/h6-14,25H,15-22H2,1-5H3,(H,36,41)(H,37,42,43). The minimum atomic E-state index is -3.74. The minimum absolute atomic E-state index is 0.0332. The fraction of sp³-hybridized carbons (Fsp3) is 0.457. The Hall–Kier alpha value is -3.58. The van der Waals surface area contributed by atoms with Crippen molar-refractivity contribution in [2.24, 2.45) is 10.8 Å². The third-order valence-corrected chi connectivity index (χ3v) is 12.6. The van der Waals surface area contributed by atoms with Gasteiger partial charge in [-0.3, -0.25) is 19.8 Å². The maximum atomic E-state index is 13.8. The molecule has 2 atom stereocenters. The summed E-state index contributed by atoms with van der Waals surface area (Å²) in [6, 6.07) is 15.6. The van der Waals surface area contributed by atoms with Crippen molar-refractivity contribution in [3.63, 3.8) is 0 Å². The van der Waals surface area contributed by atoms with Gasteiger partial charge in [0.15, 0.2) is 0 Å². The lowest BCUT2D eigenvalue weighted by Gasteiger charge is -2.39. The number of fused-ring (bicyclic) bond motifs is 3. The van der Waals surface area contributed by atoms with Crippen LogP contribution in [0.2, 0.25) is 0 Å². The number of hydrogen-bond donors (Lipinski definition) is 2. The van der Waals surface area contributed by atoms with Gasteiger partial charge >= 0.3 is 6.03 Å². The Bertz CT molecular complexity index is 1800. The summed E-state index contributed by atoms with van der Waals surface area (Å²) in [5.74, 6) is -1.03. The summed E-state index contributed by atoms with van der Waals surface area (Å²) in [5, 5.41) is 5.70. The molecular formula is C35H43N5O5S2. The summed E-state index contributed by atoms with van der Waals surface area (Å²) in [5.41, 5.74) is 2.62. The van der Waals surface area contributed by atoms with Gasteiger partial charge < -0.3 is 10.2 Å². The lowest BCUT2D eigenvalue weighted by Crippen LogP contribution is -2.39. The second kappa shape index (κ2) is 12.5. The molecule has 10 nitrogen and oxygen atoms in total. The average Bonchev–Trinajstić information content (AvgIpc) is 3.49. The molecule has 4 amide bonds. The van der Waals surface area contributed by atoms with E-state index in [0.717, 1.165) is 42.8 Å². The third-order valence-electron chi connectivity index (χ3n) is 9.56. The molecule has 2 aromatic carbocycles. The molecule has 0 radical (unpaired) electrons. The van der Waals surface area contributed by atoms with Gasteiger partial charge in [-0.1, -0.05) is 51.1 Å². The Morgan fingerprint density at radius 3 is 2.36 bits per heavy atom. The first-order chi connectivity index (χ1) is 22.1. The van der Waals surface area contributed by atoms with Crippen LogP contribution in [0.1, 0.15) is 76.8 Å². The van der Waals surface area contributed by atoms with Gasteiger partial charge in [0.05, 0.1) is 10.5 Å². The van der Waals surface area contributed by atoms with E-state index in [-0.39, 0.29) is 27.3 Å². The number of nitrogens with zero attached hydrogens (tertiary/aromatic N) is 3. The fourth-order valence-corrected chi connectivity index (χ4v) is 10.9.